The van der Waals surface area contributed by atoms with Crippen molar-refractivity contribution in [3.8, 4) is 6.07 Å². The van der Waals surface area contributed by atoms with Crippen LogP contribution in [0.15, 0.2) is 30.3 Å². The summed E-state index contributed by atoms with van der Waals surface area (Å²) in [5.41, 5.74) is 0.715. The van der Waals surface area contributed by atoms with E-state index in [0.717, 1.165) is 12.3 Å². The quantitative estimate of drug-likeness (QED) is 0.714. The summed E-state index contributed by atoms with van der Waals surface area (Å²) >= 11 is 0. The summed E-state index contributed by atoms with van der Waals surface area (Å²) in [5, 5.41) is 8.80. The fourth-order valence-corrected chi connectivity index (χ4v) is 4.29. The average Bonchev–Trinajstić information content (AvgIpc) is 3.24. The number of hydrogen-bond acceptors (Lipinski definition) is 4. The molecule has 0 N–H and O–H groups in total. The van der Waals surface area contributed by atoms with Crippen molar-refractivity contribution in [2.75, 3.05) is 18.1 Å². The molecule has 1 aromatic rings. The molecular formula is C20H24N2O3. The molecule has 3 atom stereocenters. The van der Waals surface area contributed by atoms with Crippen LogP contribution in [0, 0.1) is 29.1 Å². The van der Waals surface area contributed by atoms with E-state index in [1.54, 1.807) is 0 Å². The van der Waals surface area contributed by atoms with Gasteiger partial charge >= 0.3 is 5.97 Å². The molecule has 1 amide bonds. The molecule has 0 saturated heterocycles. The number of carbonyl (C=O) groups excluding carboxylic acids is 2. The van der Waals surface area contributed by atoms with E-state index < -0.39 is 0 Å². The van der Waals surface area contributed by atoms with Gasteiger partial charge in [-0.25, -0.2) is 0 Å². The van der Waals surface area contributed by atoms with Crippen molar-refractivity contribution in [2.24, 2.45) is 17.8 Å². The molecule has 5 nitrogen and oxygen atoms in total. The van der Waals surface area contributed by atoms with Crippen molar-refractivity contribution >= 4 is 17.6 Å². The highest BCUT2D eigenvalue weighted by Gasteiger charge is 2.40. The highest BCUT2D eigenvalue weighted by atomic mass is 16.5. The number of para-hydroxylation sites is 1. The number of hydrogen-bond donors (Lipinski definition) is 0. The van der Waals surface area contributed by atoms with Crippen molar-refractivity contribution in [3.63, 3.8) is 0 Å². The van der Waals surface area contributed by atoms with Crippen LogP contribution in [0.1, 0.15) is 38.5 Å². The summed E-state index contributed by atoms with van der Waals surface area (Å²) in [6.45, 7) is 0.0310. The zero-order chi connectivity index (χ0) is 17.6. The minimum atomic E-state index is -0.289. The maximum atomic E-state index is 12.5. The Morgan fingerprint density at radius 3 is 2.64 bits per heavy atom. The van der Waals surface area contributed by atoms with Crippen molar-refractivity contribution in [3.05, 3.63) is 30.3 Å². The Kier molecular flexibility index (Phi) is 5.70. The Labute approximate surface area is 148 Å². The maximum absolute atomic E-state index is 12.5. The molecule has 0 aromatic heterocycles. The molecule has 5 heteroatoms. The van der Waals surface area contributed by atoms with Crippen LogP contribution in [-0.2, 0) is 14.3 Å². The number of benzene rings is 1. The smallest absolute Gasteiger partial charge is 0.306 e. The number of nitriles is 1. The Balaban J connectivity index is 1.50. The minimum absolute atomic E-state index is 0.236. The van der Waals surface area contributed by atoms with Gasteiger partial charge in [-0.1, -0.05) is 24.6 Å². The fraction of sp³-hybridized carbons (Fsp3) is 0.550. The Morgan fingerprint density at radius 1 is 1.20 bits per heavy atom. The van der Waals surface area contributed by atoms with E-state index in [9.17, 15) is 9.59 Å². The Bertz CT molecular complexity index is 653. The van der Waals surface area contributed by atoms with Gasteiger partial charge < -0.3 is 9.64 Å². The van der Waals surface area contributed by atoms with Crippen LogP contribution in [0.4, 0.5) is 5.69 Å². The molecule has 0 heterocycles. The van der Waals surface area contributed by atoms with Crippen LogP contribution < -0.4 is 4.90 Å². The highest BCUT2D eigenvalue weighted by Crippen LogP contribution is 2.49. The normalized spacial score (nSPS) is 23.9. The number of rotatable bonds is 7. The van der Waals surface area contributed by atoms with Crippen LogP contribution in [-0.4, -0.2) is 25.0 Å². The number of ether oxygens (including phenoxy) is 1. The molecular weight excluding hydrogens is 316 g/mol. The van der Waals surface area contributed by atoms with Crippen LogP contribution in [0.25, 0.3) is 0 Å². The summed E-state index contributed by atoms with van der Waals surface area (Å²) in [4.78, 5) is 26.1. The van der Waals surface area contributed by atoms with Gasteiger partial charge in [0.05, 0.1) is 12.5 Å². The topological polar surface area (TPSA) is 70.4 Å². The van der Waals surface area contributed by atoms with Gasteiger partial charge in [0.15, 0.2) is 6.61 Å². The van der Waals surface area contributed by atoms with Crippen LogP contribution in [0.5, 0.6) is 0 Å². The monoisotopic (exact) mass is 340 g/mol. The SMILES string of the molecule is N#CCCN(C(=O)COC(=O)C[C@@H]1C[C@@H]2CC[C@@H]1C2)c1ccccc1. The zero-order valence-electron chi connectivity index (χ0n) is 14.4. The van der Waals surface area contributed by atoms with E-state index in [0.29, 0.717) is 30.5 Å². The molecule has 132 valence electrons. The molecule has 3 rings (SSSR count). The molecule has 2 aliphatic carbocycles. The molecule has 2 fully saturated rings. The fourth-order valence-electron chi connectivity index (χ4n) is 4.29. The lowest BCUT2D eigenvalue weighted by molar-refractivity contribution is -0.149. The third kappa shape index (κ3) is 4.39. The Morgan fingerprint density at radius 2 is 2.00 bits per heavy atom. The van der Waals surface area contributed by atoms with E-state index in [4.69, 9.17) is 10.00 Å². The van der Waals surface area contributed by atoms with Crippen molar-refractivity contribution < 1.29 is 14.3 Å². The molecule has 0 spiro atoms. The molecule has 0 unspecified atom stereocenters. The van der Waals surface area contributed by atoms with Gasteiger partial charge in [0.2, 0.25) is 0 Å². The first kappa shape index (κ1) is 17.5. The second kappa shape index (κ2) is 8.15. The lowest BCUT2D eigenvalue weighted by Crippen LogP contribution is -2.35. The standard InChI is InChI=1S/C20H24N2O3/c21-9-4-10-22(18-5-2-1-3-6-18)19(23)14-25-20(24)13-17-12-15-7-8-16(17)11-15/h1-3,5-6,15-17H,4,7-8,10-14H2/t15-,16-,17+/m1/s1. The third-order valence-electron chi connectivity index (χ3n) is 5.49. The van der Waals surface area contributed by atoms with Crippen molar-refractivity contribution in [1.29, 1.82) is 5.26 Å². The molecule has 1 aromatic carbocycles. The first-order valence-electron chi connectivity index (χ1n) is 9.05. The van der Waals surface area contributed by atoms with Crippen molar-refractivity contribution in [2.45, 2.75) is 38.5 Å². The van der Waals surface area contributed by atoms with Gasteiger partial charge in [0.25, 0.3) is 5.91 Å². The summed E-state index contributed by atoms with van der Waals surface area (Å²) in [7, 11) is 0. The molecule has 0 aliphatic heterocycles. The van der Waals surface area contributed by atoms with Gasteiger partial charge in [-0.05, 0) is 49.1 Å². The minimum Gasteiger partial charge on any atom is -0.456 e. The van der Waals surface area contributed by atoms with Gasteiger partial charge in [-0.2, -0.15) is 5.26 Å². The number of esters is 1. The second-order valence-electron chi connectivity index (χ2n) is 7.09. The van der Waals surface area contributed by atoms with Gasteiger partial charge in [-0.15, -0.1) is 0 Å². The Hall–Kier alpha value is -2.35. The van der Waals surface area contributed by atoms with E-state index >= 15 is 0 Å². The second-order valence-corrected chi connectivity index (χ2v) is 7.09. The first-order valence-corrected chi connectivity index (χ1v) is 9.05. The van der Waals surface area contributed by atoms with Gasteiger partial charge in [-0.3, -0.25) is 9.59 Å². The zero-order valence-corrected chi connectivity index (χ0v) is 14.4. The summed E-state index contributed by atoms with van der Waals surface area (Å²) < 4.78 is 5.24. The predicted molar refractivity (Wildman–Crippen MR) is 93.5 cm³/mol. The lowest BCUT2D eigenvalue weighted by atomic mass is 9.86. The van der Waals surface area contributed by atoms with Gasteiger partial charge in [0.1, 0.15) is 0 Å². The third-order valence-corrected chi connectivity index (χ3v) is 5.49. The largest absolute Gasteiger partial charge is 0.456 e. The van der Waals surface area contributed by atoms with Crippen LogP contribution >= 0.6 is 0 Å². The van der Waals surface area contributed by atoms with Crippen LogP contribution in [0.3, 0.4) is 0 Å². The summed E-state index contributed by atoms with van der Waals surface area (Å²) in [6.07, 6.45) is 5.59. The predicted octanol–water partition coefficient (Wildman–Crippen LogP) is 3.30. The number of carbonyl (C=O) groups is 2. The number of amides is 1. The number of anilines is 1. The van der Waals surface area contributed by atoms with Crippen molar-refractivity contribution in [1.82, 2.24) is 0 Å². The van der Waals surface area contributed by atoms with E-state index in [1.165, 1.54) is 24.2 Å². The molecule has 0 radical (unpaired) electrons. The summed E-state index contributed by atoms with van der Waals surface area (Å²) in [5.74, 6) is 1.33. The average molecular weight is 340 g/mol. The lowest BCUT2D eigenvalue weighted by Gasteiger charge is -2.23. The maximum Gasteiger partial charge on any atom is 0.306 e. The molecule has 2 bridgehead atoms. The van der Waals surface area contributed by atoms with E-state index in [2.05, 4.69) is 0 Å². The number of nitrogens with zero attached hydrogens (tertiary/aromatic N) is 2. The van der Waals surface area contributed by atoms with Crippen LogP contribution in [0.2, 0.25) is 0 Å². The van der Waals surface area contributed by atoms with Gasteiger partial charge in [0, 0.05) is 18.7 Å². The van der Waals surface area contributed by atoms with E-state index in [1.807, 2.05) is 36.4 Å². The first-order chi connectivity index (χ1) is 12.2. The van der Waals surface area contributed by atoms with E-state index in [-0.39, 0.29) is 24.9 Å². The summed E-state index contributed by atoms with van der Waals surface area (Å²) in [6, 6.07) is 11.2. The molecule has 25 heavy (non-hydrogen) atoms. The highest BCUT2D eigenvalue weighted by molar-refractivity contribution is 5.95. The molecule has 2 saturated carbocycles. The number of fused-ring (bicyclic) bond motifs is 2. The molecule has 2 aliphatic rings.